The third-order valence-corrected chi connectivity index (χ3v) is 6.59. The first-order valence-electron chi connectivity index (χ1n) is 10.2. The van der Waals surface area contributed by atoms with Crippen molar-refractivity contribution in [2.24, 2.45) is 5.92 Å². The van der Waals surface area contributed by atoms with E-state index in [4.69, 9.17) is 9.47 Å². The lowest BCUT2D eigenvalue weighted by molar-refractivity contribution is -0.136. The lowest BCUT2D eigenvalue weighted by Crippen LogP contribution is -2.45. The van der Waals surface area contributed by atoms with Crippen LogP contribution in [0, 0.1) is 5.92 Å². The number of alkyl halides is 3. The topological polar surface area (TPSA) is 92.8 Å². The minimum absolute atomic E-state index is 0.0444. The first-order valence-corrected chi connectivity index (χ1v) is 11.1. The van der Waals surface area contributed by atoms with Gasteiger partial charge in [0, 0.05) is 37.5 Å². The van der Waals surface area contributed by atoms with Gasteiger partial charge < -0.3 is 25.0 Å². The van der Waals surface area contributed by atoms with Gasteiger partial charge in [-0.05, 0) is 18.9 Å². The molecular formula is C20H23F3N4O4S. The number of ether oxygens (including phenoxy) is 2. The second-order valence-corrected chi connectivity index (χ2v) is 8.72. The van der Waals surface area contributed by atoms with Crippen molar-refractivity contribution in [3.05, 3.63) is 22.6 Å². The number of carbonyl (C=O) groups is 2. The number of amides is 2. The van der Waals surface area contributed by atoms with Crippen molar-refractivity contribution in [3.8, 4) is 0 Å². The molecule has 2 N–H and O–H groups in total. The molecule has 174 valence electrons. The summed E-state index contributed by atoms with van der Waals surface area (Å²) >= 11 is 0.855. The molecule has 0 spiro atoms. The van der Waals surface area contributed by atoms with Crippen molar-refractivity contribution in [2.75, 3.05) is 44.9 Å². The summed E-state index contributed by atoms with van der Waals surface area (Å²) in [5.41, 5.74) is -0.638. The zero-order chi connectivity index (χ0) is 22.9. The van der Waals surface area contributed by atoms with Crippen LogP contribution in [-0.4, -0.2) is 63.0 Å². The average Bonchev–Trinajstić information content (AvgIpc) is 3.15. The van der Waals surface area contributed by atoms with Crippen LogP contribution in [0.2, 0.25) is 0 Å². The summed E-state index contributed by atoms with van der Waals surface area (Å²) in [4.78, 5) is 30.2. The molecule has 2 amide bonds. The lowest BCUT2D eigenvalue weighted by Gasteiger charge is -2.33. The third-order valence-electron chi connectivity index (χ3n) is 5.58. The number of hydrogen-bond acceptors (Lipinski definition) is 7. The van der Waals surface area contributed by atoms with E-state index in [9.17, 15) is 22.8 Å². The maximum Gasteiger partial charge on any atom is 0.417 e. The molecule has 0 saturated carbocycles. The highest BCUT2D eigenvalue weighted by Gasteiger charge is 2.36. The SMILES string of the molecule is CNC(=O)c1csc2c(C(F)(F)F)cc(N3CCC(NC(=O)OCC4COC4)CC3)nc12. The number of pyridine rings is 1. The van der Waals surface area contributed by atoms with Crippen LogP contribution in [0.4, 0.5) is 23.8 Å². The molecule has 0 unspecified atom stereocenters. The van der Waals surface area contributed by atoms with E-state index in [1.807, 2.05) is 0 Å². The molecule has 0 aromatic carbocycles. The van der Waals surface area contributed by atoms with Crippen LogP contribution in [0.25, 0.3) is 10.2 Å². The van der Waals surface area contributed by atoms with Gasteiger partial charge in [0.15, 0.2) is 0 Å². The van der Waals surface area contributed by atoms with E-state index >= 15 is 0 Å². The number of rotatable bonds is 5. The fourth-order valence-electron chi connectivity index (χ4n) is 3.70. The molecule has 4 heterocycles. The van der Waals surface area contributed by atoms with Crippen LogP contribution in [0.1, 0.15) is 28.8 Å². The molecular weight excluding hydrogens is 449 g/mol. The highest BCUT2D eigenvalue weighted by atomic mass is 32.1. The van der Waals surface area contributed by atoms with Crippen LogP contribution in [-0.2, 0) is 15.7 Å². The van der Waals surface area contributed by atoms with E-state index in [1.54, 1.807) is 4.90 Å². The van der Waals surface area contributed by atoms with Gasteiger partial charge in [-0.15, -0.1) is 11.3 Å². The van der Waals surface area contributed by atoms with Gasteiger partial charge in [0.2, 0.25) is 0 Å². The normalized spacial score (nSPS) is 17.8. The van der Waals surface area contributed by atoms with Crippen LogP contribution in [0.15, 0.2) is 11.4 Å². The van der Waals surface area contributed by atoms with Crippen molar-refractivity contribution in [3.63, 3.8) is 0 Å². The number of fused-ring (bicyclic) bond motifs is 1. The minimum Gasteiger partial charge on any atom is -0.449 e. The number of hydrogen-bond donors (Lipinski definition) is 2. The number of aromatic nitrogens is 1. The number of nitrogens with one attached hydrogen (secondary N) is 2. The Balaban J connectivity index is 1.46. The first kappa shape index (κ1) is 22.6. The Morgan fingerprint density at radius 3 is 2.62 bits per heavy atom. The molecule has 4 rings (SSSR count). The van der Waals surface area contributed by atoms with Crippen molar-refractivity contribution in [1.82, 2.24) is 15.6 Å². The molecule has 0 aliphatic carbocycles. The Morgan fingerprint density at radius 2 is 2.03 bits per heavy atom. The Hall–Kier alpha value is -2.60. The lowest BCUT2D eigenvalue weighted by atomic mass is 10.0. The van der Waals surface area contributed by atoms with Crippen LogP contribution in [0.3, 0.4) is 0 Å². The molecule has 32 heavy (non-hydrogen) atoms. The maximum absolute atomic E-state index is 13.7. The molecule has 0 bridgehead atoms. The molecule has 2 saturated heterocycles. The number of carbonyl (C=O) groups excluding carboxylic acids is 2. The van der Waals surface area contributed by atoms with Gasteiger partial charge in [0.05, 0.1) is 34.6 Å². The highest BCUT2D eigenvalue weighted by molar-refractivity contribution is 7.17. The predicted octanol–water partition coefficient (Wildman–Crippen LogP) is 3.02. The smallest absolute Gasteiger partial charge is 0.417 e. The van der Waals surface area contributed by atoms with Crippen molar-refractivity contribution >= 4 is 39.4 Å². The van der Waals surface area contributed by atoms with Crippen molar-refractivity contribution in [2.45, 2.75) is 25.1 Å². The first-order chi connectivity index (χ1) is 15.3. The Kier molecular flexibility index (Phi) is 6.42. The Labute approximate surface area is 186 Å². The fourth-order valence-corrected chi connectivity index (χ4v) is 4.72. The summed E-state index contributed by atoms with van der Waals surface area (Å²) in [6.45, 7) is 2.32. The number of halogens is 3. The predicted molar refractivity (Wildman–Crippen MR) is 112 cm³/mol. The molecule has 0 radical (unpaired) electrons. The summed E-state index contributed by atoms with van der Waals surface area (Å²) < 4.78 is 51.3. The van der Waals surface area contributed by atoms with Crippen molar-refractivity contribution in [1.29, 1.82) is 0 Å². The van der Waals surface area contributed by atoms with Gasteiger partial charge in [0.25, 0.3) is 5.91 Å². The molecule has 12 heteroatoms. The summed E-state index contributed by atoms with van der Waals surface area (Å²) in [5.74, 6) is -0.0773. The van der Waals surface area contributed by atoms with Gasteiger partial charge in [0.1, 0.15) is 12.4 Å². The van der Waals surface area contributed by atoms with Crippen LogP contribution < -0.4 is 15.5 Å². The van der Waals surface area contributed by atoms with E-state index in [1.165, 1.54) is 12.4 Å². The molecule has 0 atom stereocenters. The largest absolute Gasteiger partial charge is 0.449 e. The molecule has 8 nitrogen and oxygen atoms in total. The van der Waals surface area contributed by atoms with Gasteiger partial charge in [-0.25, -0.2) is 9.78 Å². The van der Waals surface area contributed by atoms with Crippen LogP contribution in [0.5, 0.6) is 0 Å². The molecule has 2 aromatic rings. The number of nitrogens with zero attached hydrogens (tertiary/aromatic N) is 2. The number of alkyl carbamates (subject to hydrolysis) is 1. The second-order valence-electron chi connectivity index (χ2n) is 7.84. The Bertz CT molecular complexity index is 1000. The summed E-state index contributed by atoms with van der Waals surface area (Å²) in [7, 11) is 1.42. The van der Waals surface area contributed by atoms with E-state index in [0.29, 0.717) is 45.8 Å². The monoisotopic (exact) mass is 472 g/mol. The van der Waals surface area contributed by atoms with E-state index in [-0.39, 0.29) is 33.6 Å². The summed E-state index contributed by atoms with van der Waals surface area (Å²) in [6.07, 6.45) is -4.00. The summed E-state index contributed by atoms with van der Waals surface area (Å²) in [6, 6.07) is 0.902. The third kappa shape index (κ3) is 4.75. The van der Waals surface area contributed by atoms with Gasteiger partial charge in [-0.2, -0.15) is 13.2 Å². The zero-order valence-corrected chi connectivity index (χ0v) is 18.1. The number of piperidine rings is 1. The molecule has 2 aliphatic rings. The van der Waals surface area contributed by atoms with E-state index in [2.05, 4.69) is 15.6 Å². The van der Waals surface area contributed by atoms with Crippen LogP contribution >= 0.6 is 11.3 Å². The molecule has 2 aliphatic heterocycles. The minimum atomic E-state index is -4.57. The average molecular weight is 472 g/mol. The second kappa shape index (κ2) is 9.10. The zero-order valence-electron chi connectivity index (χ0n) is 17.3. The number of thiophene rings is 1. The highest BCUT2D eigenvalue weighted by Crippen LogP contribution is 2.40. The summed E-state index contributed by atoms with van der Waals surface area (Å²) in [5, 5.41) is 6.64. The number of anilines is 1. The Morgan fingerprint density at radius 1 is 1.31 bits per heavy atom. The van der Waals surface area contributed by atoms with E-state index < -0.39 is 23.7 Å². The maximum atomic E-state index is 13.7. The van der Waals surface area contributed by atoms with Gasteiger partial charge >= 0.3 is 12.3 Å². The molecule has 2 aromatic heterocycles. The fraction of sp³-hybridized carbons (Fsp3) is 0.550. The standard InChI is InChI=1S/C20H23F3N4O4S/c1-24-18(28)13-10-32-17-14(20(21,22)23)6-15(26-16(13)17)27-4-2-12(3-5-27)25-19(29)31-9-11-7-30-8-11/h6,10-12H,2-5,7-9H2,1H3,(H,24,28)(H,25,29). The van der Waals surface area contributed by atoms with Gasteiger partial charge in [-0.3, -0.25) is 4.79 Å². The quantitative estimate of drug-likeness (QED) is 0.695. The molecule has 2 fully saturated rings. The van der Waals surface area contributed by atoms with E-state index in [0.717, 1.165) is 17.4 Å². The van der Waals surface area contributed by atoms with Gasteiger partial charge in [-0.1, -0.05) is 0 Å². The van der Waals surface area contributed by atoms with Crippen molar-refractivity contribution < 1.29 is 32.2 Å².